The van der Waals surface area contributed by atoms with Gasteiger partial charge in [0.25, 0.3) is 0 Å². The normalized spacial score (nSPS) is 17.8. The highest BCUT2D eigenvalue weighted by Gasteiger charge is 2.29. The molecule has 1 saturated carbocycles. The molecule has 1 aromatic rings. The van der Waals surface area contributed by atoms with Gasteiger partial charge < -0.3 is 4.98 Å². The van der Waals surface area contributed by atoms with Gasteiger partial charge in [-0.3, -0.25) is 4.79 Å². The first kappa shape index (κ1) is 12.3. The van der Waals surface area contributed by atoms with Crippen LogP contribution in [0, 0.1) is 0 Å². The fraction of sp³-hybridized carbons (Fsp3) is 0.545. The Balaban J connectivity index is 2.29. The summed E-state index contributed by atoms with van der Waals surface area (Å²) in [7, 11) is -1.87. The number of hydrogen-bond acceptors (Lipinski definition) is 3. The Bertz CT molecular complexity index is 524. The van der Waals surface area contributed by atoms with Crippen molar-refractivity contribution >= 4 is 10.0 Å². The average Bonchev–Trinajstić information content (AvgIpc) is 2.82. The number of pyridine rings is 1. The van der Waals surface area contributed by atoms with Crippen LogP contribution >= 0.6 is 0 Å². The number of aromatic amines is 1. The SMILES string of the molecule is CN(C1CCCC1)S(=O)(=O)c1ccc(=O)[nH]c1. The van der Waals surface area contributed by atoms with E-state index in [1.807, 2.05) is 0 Å². The molecule has 1 aliphatic carbocycles. The van der Waals surface area contributed by atoms with Gasteiger partial charge in [0, 0.05) is 25.4 Å². The van der Waals surface area contributed by atoms with Crippen LogP contribution in [0.4, 0.5) is 0 Å². The maximum Gasteiger partial charge on any atom is 0.247 e. The first-order chi connectivity index (χ1) is 8.01. The Morgan fingerprint density at radius 1 is 1.29 bits per heavy atom. The van der Waals surface area contributed by atoms with Gasteiger partial charge in [0.1, 0.15) is 0 Å². The number of hydrogen-bond donors (Lipinski definition) is 1. The minimum absolute atomic E-state index is 0.0897. The molecule has 0 spiro atoms. The lowest BCUT2D eigenvalue weighted by molar-refractivity contribution is 0.373. The van der Waals surface area contributed by atoms with Gasteiger partial charge in [-0.05, 0) is 18.9 Å². The van der Waals surface area contributed by atoms with Crippen molar-refractivity contribution < 1.29 is 8.42 Å². The van der Waals surface area contributed by atoms with Crippen LogP contribution in [-0.4, -0.2) is 30.8 Å². The molecule has 5 nitrogen and oxygen atoms in total. The summed E-state index contributed by atoms with van der Waals surface area (Å²) >= 11 is 0. The van der Waals surface area contributed by atoms with E-state index in [1.165, 1.54) is 22.6 Å². The van der Waals surface area contributed by atoms with Gasteiger partial charge in [0.05, 0.1) is 4.90 Å². The number of nitrogens with zero attached hydrogens (tertiary/aromatic N) is 1. The van der Waals surface area contributed by atoms with Crippen LogP contribution in [0.1, 0.15) is 25.7 Å². The molecule has 1 heterocycles. The Kier molecular flexibility index (Phi) is 3.35. The fourth-order valence-electron chi connectivity index (χ4n) is 2.19. The zero-order chi connectivity index (χ0) is 12.5. The van der Waals surface area contributed by atoms with E-state index in [1.54, 1.807) is 7.05 Å². The molecule has 94 valence electrons. The number of sulfonamides is 1. The molecule has 6 heteroatoms. The maximum atomic E-state index is 12.2. The summed E-state index contributed by atoms with van der Waals surface area (Å²) in [5.41, 5.74) is -0.299. The van der Waals surface area contributed by atoms with E-state index in [2.05, 4.69) is 4.98 Å². The minimum Gasteiger partial charge on any atom is -0.328 e. The molecular formula is C11H16N2O3S. The van der Waals surface area contributed by atoms with Crippen LogP contribution in [0.25, 0.3) is 0 Å². The van der Waals surface area contributed by atoms with Crippen molar-refractivity contribution in [1.29, 1.82) is 0 Å². The van der Waals surface area contributed by atoms with Gasteiger partial charge in [-0.15, -0.1) is 0 Å². The lowest BCUT2D eigenvalue weighted by Crippen LogP contribution is -2.35. The molecule has 0 aromatic carbocycles. The fourth-order valence-corrected chi connectivity index (χ4v) is 3.57. The van der Waals surface area contributed by atoms with Crippen molar-refractivity contribution in [2.45, 2.75) is 36.6 Å². The predicted octanol–water partition coefficient (Wildman–Crippen LogP) is 0.938. The van der Waals surface area contributed by atoms with Crippen molar-refractivity contribution in [3.8, 4) is 0 Å². The molecule has 1 fully saturated rings. The monoisotopic (exact) mass is 256 g/mol. The summed E-state index contributed by atoms with van der Waals surface area (Å²) < 4.78 is 25.9. The highest BCUT2D eigenvalue weighted by Crippen LogP contribution is 2.26. The molecule has 1 aliphatic rings. The molecule has 0 bridgehead atoms. The Hall–Kier alpha value is -1.14. The third-order valence-corrected chi connectivity index (χ3v) is 5.18. The van der Waals surface area contributed by atoms with Gasteiger partial charge in [-0.2, -0.15) is 4.31 Å². The largest absolute Gasteiger partial charge is 0.328 e. The highest BCUT2D eigenvalue weighted by molar-refractivity contribution is 7.89. The zero-order valence-electron chi connectivity index (χ0n) is 9.72. The van der Waals surface area contributed by atoms with Crippen LogP contribution in [0.2, 0.25) is 0 Å². The Labute approximate surface area is 101 Å². The molecule has 2 rings (SSSR count). The van der Waals surface area contributed by atoms with E-state index >= 15 is 0 Å². The predicted molar refractivity (Wildman–Crippen MR) is 64.3 cm³/mol. The van der Waals surface area contributed by atoms with Crippen LogP contribution in [0.3, 0.4) is 0 Å². The number of nitrogens with one attached hydrogen (secondary N) is 1. The summed E-state index contributed by atoms with van der Waals surface area (Å²) in [4.78, 5) is 13.4. The minimum atomic E-state index is -3.48. The molecule has 0 aliphatic heterocycles. The third-order valence-electron chi connectivity index (χ3n) is 3.27. The first-order valence-electron chi connectivity index (χ1n) is 5.68. The molecule has 17 heavy (non-hydrogen) atoms. The number of H-pyrrole nitrogens is 1. The van der Waals surface area contributed by atoms with E-state index < -0.39 is 10.0 Å². The standard InChI is InChI=1S/C11H16N2O3S/c1-13(9-4-2-3-5-9)17(15,16)10-6-7-11(14)12-8-10/h6-9H,2-5H2,1H3,(H,12,14). The van der Waals surface area contributed by atoms with Crippen LogP contribution < -0.4 is 5.56 Å². The van der Waals surface area contributed by atoms with Gasteiger partial charge in [-0.1, -0.05) is 12.8 Å². The molecular weight excluding hydrogens is 240 g/mol. The van der Waals surface area contributed by atoms with E-state index in [0.29, 0.717) is 0 Å². The molecule has 0 amide bonds. The highest BCUT2D eigenvalue weighted by atomic mass is 32.2. The van der Waals surface area contributed by atoms with E-state index in [9.17, 15) is 13.2 Å². The number of aromatic nitrogens is 1. The van der Waals surface area contributed by atoms with Crippen molar-refractivity contribution in [2.24, 2.45) is 0 Å². The molecule has 0 unspecified atom stereocenters. The summed E-state index contributed by atoms with van der Waals surface area (Å²) in [5, 5.41) is 0. The average molecular weight is 256 g/mol. The third kappa shape index (κ3) is 2.42. The summed E-state index contributed by atoms with van der Waals surface area (Å²) in [6.45, 7) is 0. The van der Waals surface area contributed by atoms with Crippen molar-refractivity contribution in [3.05, 3.63) is 28.7 Å². The van der Waals surface area contributed by atoms with Gasteiger partial charge >= 0.3 is 0 Å². The quantitative estimate of drug-likeness (QED) is 0.875. The van der Waals surface area contributed by atoms with Crippen molar-refractivity contribution in [3.63, 3.8) is 0 Å². The van der Waals surface area contributed by atoms with Crippen LogP contribution in [-0.2, 0) is 10.0 Å². The summed E-state index contributed by atoms with van der Waals surface area (Å²) in [6, 6.07) is 2.67. The van der Waals surface area contributed by atoms with E-state index in [4.69, 9.17) is 0 Å². The Morgan fingerprint density at radius 2 is 1.94 bits per heavy atom. The smallest absolute Gasteiger partial charge is 0.247 e. The number of rotatable bonds is 3. The molecule has 0 atom stereocenters. The second-order valence-corrected chi connectivity index (χ2v) is 6.35. The first-order valence-corrected chi connectivity index (χ1v) is 7.12. The Morgan fingerprint density at radius 3 is 2.47 bits per heavy atom. The summed E-state index contributed by atoms with van der Waals surface area (Å²) in [5.74, 6) is 0. The summed E-state index contributed by atoms with van der Waals surface area (Å²) in [6.07, 6.45) is 5.24. The van der Waals surface area contributed by atoms with Gasteiger partial charge in [0.15, 0.2) is 0 Å². The van der Waals surface area contributed by atoms with E-state index in [-0.39, 0.29) is 16.5 Å². The molecule has 1 aromatic heterocycles. The van der Waals surface area contributed by atoms with Crippen LogP contribution in [0.5, 0.6) is 0 Å². The maximum absolute atomic E-state index is 12.2. The molecule has 0 radical (unpaired) electrons. The zero-order valence-corrected chi connectivity index (χ0v) is 10.5. The van der Waals surface area contributed by atoms with Crippen molar-refractivity contribution in [2.75, 3.05) is 7.05 Å². The molecule has 0 saturated heterocycles. The van der Waals surface area contributed by atoms with Gasteiger partial charge in [0.2, 0.25) is 15.6 Å². The lowest BCUT2D eigenvalue weighted by Gasteiger charge is -2.23. The second-order valence-electron chi connectivity index (χ2n) is 4.35. The van der Waals surface area contributed by atoms with E-state index in [0.717, 1.165) is 25.7 Å². The van der Waals surface area contributed by atoms with Crippen LogP contribution in [0.15, 0.2) is 28.0 Å². The topological polar surface area (TPSA) is 70.2 Å². The lowest BCUT2D eigenvalue weighted by atomic mass is 10.3. The molecule has 1 N–H and O–H groups in total. The van der Waals surface area contributed by atoms with Crippen molar-refractivity contribution in [1.82, 2.24) is 9.29 Å². The second kappa shape index (κ2) is 4.62. The van der Waals surface area contributed by atoms with Gasteiger partial charge in [-0.25, -0.2) is 8.42 Å².